The van der Waals surface area contributed by atoms with E-state index in [9.17, 15) is 37.8 Å². The molecule has 2 aromatic carbocycles. The molecule has 244 valence electrons. The maximum absolute atomic E-state index is 13.7. The third kappa shape index (κ3) is 5.52. The van der Waals surface area contributed by atoms with Crippen molar-refractivity contribution in [2.24, 2.45) is 0 Å². The van der Waals surface area contributed by atoms with Crippen LogP contribution in [0.1, 0.15) is 50.5 Å². The Morgan fingerprint density at radius 1 is 1.07 bits per heavy atom. The molecule has 13 nitrogen and oxygen atoms in total. The van der Waals surface area contributed by atoms with Crippen LogP contribution in [0.3, 0.4) is 0 Å². The second kappa shape index (κ2) is 12.0. The summed E-state index contributed by atoms with van der Waals surface area (Å²) in [5.41, 5.74) is -1.32. The summed E-state index contributed by atoms with van der Waals surface area (Å²) >= 11 is 6.01. The van der Waals surface area contributed by atoms with Crippen molar-refractivity contribution >= 4 is 56.0 Å². The van der Waals surface area contributed by atoms with Gasteiger partial charge in [0.1, 0.15) is 6.10 Å². The van der Waals surface area contributed by atoms with E-state index in [0.717, 1.165) is 5.39 Å². The molecule has 0 radical (unpaired) electrons. The standard InChI is InChI=1S/C31H34ClN5O8S/c1-31(29(41)42,36-11-3-2-4-26(36)39)28-33-16-23-17-35(30(43)37(23)28)22-9-12-34(13-10-22)27(40)25(38)18-46(44,45)24-8-6-19-14-21(32)7-5-20(19)15-24/h5-8,14-16,22,25,38H,2-4,9-13,17-18H2,1H3,(H,41,42)/t25-,31?/m1/s1. The van der Waals surface area contributed by atoms with Gasteiger partial charge >= 0.3 is 12.0 Å². The first-order valence-electron chi connectivity index (χ1n) is 15.1. The van der Waals surface area contributed by atoms with E-state index in [4.69, 9.17) is 11.6 Å². The van der Waals surface area contributed by atoms with E-state index in [1.54, 1.807) is 29.2 Å². The van der Waals surface area contributed by atoms with Crippen LogP contribution in [0.4, 0.5) is 4.79 Å². The molecule has 2 N–H and O–H groups in total. The van der Waals surface area contributed by atoms with Crippen LogP contribution in [0.5, 0.6) is 0 Å². The van der Waals surface area contributed by atoms with Crippen LogP contribution < -0.4 is 0 Å². The third-order valence-corrected chi connectivity index (χ3v) is 11.3. The molecule has 1 aromatic heterocycles. The normalized spacial score (nSPS) is 19.8. The first-order chi connectivity index (χ1) is 21.8. The number of hydrogen-bond donors (Lipinski definition) is 2. The number of likely N-dealkylation sites (tertiary alicyclic amines) is 2. The van der Waals surface area contributed by atoms with E-state index in [1.807, 2.05) is 0 Å². The van der Waals surface area contributed by atoms with Crippen molar-refractivity contribution in [3.8, 4) is 0 Å². The Morgan fingerprint density at radius 3 is 2.46 bits per heavy atom. The molecule has 1 unspecified atom stereocenters. The molecule has 3 aromatic rings. The van der Waals surface area contributed by atoms with E-state index >= 15 is 0 Å². The average molecular weight is 672 g/mol. The molecule has 0 spiro atoms. The zero-order valence-electron chi connectivity index (χ0n) is 25.1. The molecule has 15 heteroatoms. The second-order valence-corrected chi connectivity index (χ2v) is 14.7. The molecular weight excluding hydrogens is 638 g/mol. The summed E-state index contributed by atoms with van der Waals surface area (Å²) in [7, 11) is -3.99. The van der Waals surface area contributed by atoms with Crippen LogP contribution in [0, 0.1) is 0 Å². The number of sulfone groups is 1. The Morgan fingerprint density at radius 2 is 1.76 bits per heavy atom. The molecule has 6 rings (SSSR count). The van der Waals surface area contributed by atoms with Crippen LogP contribution in [0.15, 0.2) is 47.5 Å². The highest BCUT2D eigenvalue weighted by Crippen LogP contribution is 2.35. The molecule has 0 aliphatic carbocycles. The monoisotopic (exact) mass is 671 g/mol. The van der Waals surface area contributed by atoms with Crippen LogP contribution in [0.2, 0.25) is 5.02 Å². The maximum atomic E-state index is 13.7. The quantitative estimate of drug-likeness (QED) is 0.365. The number of aromatic nitrogens is 2. The number of carbonyl (C=O) groups excluding carboxylic acids is 3. The lowest BCUT2D eigenvalue weighted by Crippen LogP contribution is -2.56. The summed E-state index contributed by atoms with van der Waals surface area (Å²) in [6, 6.07) is 8.84. The zero-order valence-corrected chi connectivity index (χ0v) is 26.7. The van der Waals surface area contributed by atoms with Gasteiger partial charge in [-0.25, -0.2) is 27.6 Å². The number of aliphatic hydroxyl groups excluding tert-OH is 1. The van der Waals surface area contributed by atoms with E-state index in [-0.39, 0.29) is 55.3 Å². The number of carboxylic acid groups (broad SMARTS) is 1. The summed E-state index contributed by atoms with van der Waals surface area (Å²) in [6.07, 6.45) is 2.00. The van der Waals surface area contributed by atoms with Crippen molar-refractivity contribution in [2.75, 3.05) is 25.4 Å². The first kappa shape index (κ1) is 32.0. The van der Waals surface area contributed by atoms with Gasteiger partial charge in [0.2, 0.25) is 5.91 Å². The topological polar surface area (TPSA) is 170 Å². The lowest BCUT2D eigenvalue weighted by molar-refractivity contribution is -0.161. The maximum Gasteiger partial charge on any atom is 0.337 e. The molecule has 0 saturated carbocycles. The summed E-state index contributed by atoms with van der Waals surface area (Å²) in [5, 5.41) is 22.9. The van der Waals surface area contributed by atoms with Gasteiger partial charge in [-0.3, -0.25) is 9.59 Å². The van der Waals surface area contributed by atoms with Gasteiger partial charge in [-0.15, -0.1) is 0 Å². The number of imidazole rings is 1. The van der Waals surface area contributed by atoms with E-state index in [2.05, 4.69) is 4.98 Å². The number of carboxylic acids is 1. The fourth-order valence-corrected chi connectivity index (χ4v) is 8.21. The number of benzene rings is 2. The molecule has 0 bridgehead atoms. The van der Waals surface area contributed by atoms with Crippen molar-refractivity contribution < 1.29 is 37.8 Å². The fourth-order valence-electron chi connectivity index (χ4n) is 6.69. The van der Waals surface area contributed by atoms with Gasteiger partial charge in [0, 0.05) is 37.1 Å². The van der Waals surface area contributed by atoms with E-state index in [0.29, 0.717) is 41.8 Å². The SMILES string of the molecule is CC(C(=O)O)(c1ncc2n1C(=O)N(C1CCN(C(=O)[C@H](O)CS(=O)(=O)c3ccc4cc(Cl)ccc4c3)CC1)C2)N1CCCCC1=O. The molecule has 3 aliphatic rings. The summed E-state index contributed by atoms with van der Waals surface area (Å²) in [4.78, 5) is 60.6. The highest BCUT2D eigenvalue weighted by atomic mass is 35.5. The van der Waals surface area contributed by atoms with Gasteiger partial charge in [-0.2, -0.15) is 0 Å². The molecule has 2 saturated heterocycles. The predicted molar refractivity (Wildman–Crippen MR) is 166 cm³/mol. The van der Waals surface area contributed by atoms with Gasteiger partial charge < -0.3 is 24.9 Å². The number of aliphatic carboxylic acids is 1. The molecular formula is C31H34ClN5O8S. The Kier molecular flexibility index (Phi) is 8.32. The first-order valence-corrected chi connectivity index (χ1v) is 17.1. The second-order valence-electron chi connectivity index (χ2n) is 12.2. The van der Waals surface area contributed by atoms with Gasteiger partial charge in [0.15, 0.2) is 21.2 Å². The van der Waals surface area contributed by atoms with Gasteiger partial charge in [0.25, 0.3) is 5.91 Å². The Hall–Kier alpha value is -4.01. The summed E-state index contributed by atoms with van der Waals surface area (Å²) in [6.45, 7) is 2.22. The van der Waals surface area contributed by atoms with Crippen LogP contribution in [-0.2, 0) is 36.3 Å². The number of amides is 3. The van der Waals surface area contributed by atoms with Gasteiger partial charge in [0.05, 0.1) is 29.1 Å². The minimum Gasteiger partial charge on any atom is -0.479 e. The van der Waals surface area contributed by atoms with Crippen LogP contribution in [0.25, 0.3) is 10.8 Å². The zero-order chi connectivity index (χ0) is 33.0. The minimum absolute atomic E-state index is 0.0122. The Bertz CT molecular complexity index is 1850. The molecule has 46 heavy (non-hydrogen) atoms. The molecule has 3 aliphatic heterocycles. The van der Waals surface area contributed by atoms with Crippen molar-refractivity contribution in [3.63, 3.8) is 0 Å². The number of carbonyl (C=O) groups is 4. The Balaban J connectivity index is 1.10. The number of piperidine rings is 2. The minimum atomic E-state index is -3.99. The summed E-state index contributed by atoms with van der Waals surface area (Å²) < 4.78 is 27.4. The highest BCUT2D eigenvalue weighted by Gasteiger charge is 2.51. The van der Waals surface area contributed by atoms with Crippen molar-refractivity contribution in [2.45, 2.75) is 68.2 Å². The van der Waals surface area contributed by atoms with E-state index < -0.39 is 45.1 Å². The Labute approximate surface area is 270 Å². The average Bonchev–Trinajstić information content (AvgIpc) is 3.60. The van der Waals surface area contributed by atoms with E-state index in [1.165, 1.54) is 39.6 Å². The van der Waals surface area contributed by atoms with Crippen molar-refractivity contribution in [3.05, 3.63) is 59.1 Å². The lowest BCUT2D eigenvalue weighted by Gasteiger charge is -2.40. The van der Waals surface area contributed by atoms with Gasteiger partial charge in [-0.1, -0.05) is 23.7 Å². The van der Waals surface area contributed by atoms with Crippen LogP contribution >= 0.6 is 11.6 Å². The van der Waals surface area contributed by atoms with Crippen molar-refractivity contribution in [1.29, 1.82) is 0 Å². The van der Waals surface area contributed by atoms with Crippen LogP contribution in [-0.4, -0.2) is 104 Å². The number of halogens is 1. The number of hydrogen-bond acceptors (Lipinski definition) is 8. The lowest BCUT2D eigenvalue weighted by atomic mass is 9.95. The number of aliphatic hydroxyl groups is 1. The number of rotatable bonds is 8. The largest absolute Gasteiger partial charge is 0.479 e. The molecule has 4 heterocycles. The predicted octanol–water partition coefficient (Wildman–Crippen LogP) is 2.61. The molecule has 2 atom stereocenters. The molecule has 3 amide bonds. The fraction of sp³-hybridized carbons (Fsp3) is 0.452. The smallest absolute Gasteiger partial charge is 0.337 e. The summed E-state index contributed by atoms with van der Waals surface area (Å²) in [5.74, 6) is -3.08. The highest BCUT2D eigenvalue weighted by molar-refractivity contribution is 7.91. The van der Waals surface area contributed by atoms with Gasteiger partial charge in [-0.05, 0) is 67.6 Å². The number of nitrogens with zero attached hydrogens (tertiary/aromatic N) is 5. The van der Waals surface area contributed by atoms with Crippen molar-refractivity contribution in [1.82, 2.24) is 24.3 Å². The number of fused-ring (bicyclic) bond motifs is 2. The third-order valence-electron chi connectivity index (χ3n) is 9.33. The molecule has 2 fully saturated rings.